The number of alkyl halides is 3. The summed E-state index contributed by atoms with van der Waals surface area (Å²) >= 11 is 0. The van der Waals surface area contributed by atoms with Gasteiger partial charge in [0, 0.05) is 56.9 Å². The van der Waals surface area contributed by atoms with E-state index in [1.165, 1.54) is 12.1 Å². The van der Waals surface area contributed by atoms with Crippen LogP contribution in [0.5, 0.6) is 0 Å². The highest BCUT2D eigenvalue weighted by atomic mass is 19.4. The van der Waals surface area contributed by atoms with E-state index in [0.717, 1.165) is 44.8 Å². The van der Waals surface area contributed by atoms with Gasteiger partial charge in [0.2, 0.25) is 0 Å². The molecule has 2 N–H and O–H groups in total. The van der Waals surface area contributed by atoms with E-state index in [1.54, 1.807) is 25.1 Å². The number of nitrogens with one attached hydrogen (secondary N) is 2. The molecule has 0 aromatic heterocycles. The van der Waals surface area contributed by atoms with Gasteiger partial charge in [-0.25, -0.2) is 9.79 Å². The second-order valence-corrected chi connectivity index (χ2v) is 8.01. The maximum Gasteiger partial charge on any atom is 0.573 e. The SMILES string of the molecule is CCOC(=O)c1cc(C#Cc2ccc(N=COC(F)(F)F)cc2)cc(CN2CCNCCNCC2)c1. The predicted octanol–water partition coefficient (Wildman–Crippen LogP) is 3.45. The number of rotatable bonds is 6. The van der Waals surface area contributed by atoms with E-state index in [-0.39, 0.29) is 6.61 Å². The van der Waals surface area contributed by atoms with E-state index in [1.807, 2.05) is 12.1 Å². The van der Waals surface area contributed by atoms with Gasteiger partial charge in [-0.05, 0) is 55.0 Å². The lowest BCUT2D eigenvalue weighted by Gasteiger charge is -2.22. The predicted molar refractivity (Wildman–Crippen MR) is 131 cm³/mol. The molecule has 10 heteroatoms. The monoisotopic (exact) mass is 502 g/mol. The lowest BCUT2D eigenvalue weighted by atomic mass is 10.0. The minimum absolute atomic E-state index is 0.274. The number of hydrogen-bond donors (Lipinski definition) is 2. The Labute approximate surface area is 208 Å². The second kappa shape index (κ2) is 13.6. The van der Waals surface area contributed by atoms with Crippen molar-refractivity contribution in [1.29, 1.82) is 0 Å². The Morgan fingerprint density at radius 3 is 2.33 bits per heavy atom. The van der Waals surface area contributed by atoms with Gasteiger partial charge >= 0.3 is 12.3 Å². The van der Waals surface area contributed by atoms with Crippen molar-refractivity contribution in [3.63, 3.8) is 0 Å². The average Bonchev–Trinajstić information content (AvgIpc) is 2.97. The highest BCUT2D eigenvalue weighted by Crippen LogP contribution is 2.17. The van der Waals surface area contributed by atoms with E-state index in [2.05, 4.69) is 37.1 Å². The molecule has 0 bridgehead atoms. The normalized spacial score (nSPS) is 15.3. The summed E-state index contributed by atoms with van der Waals surface area (Å²) in [4.78, 5) is 18.4. The van der Waals surface area contributed by atoms with E-state index < -0.39 is 12.3 Å². The van der Waals surface area contributed by atoms with Crippen LogP contribution in [0.25, 0.3) is 0 Å². The smallest absolute Gasteiger partial charge is 0.462 e. The van der Waals surface area contributed by atoms with Crippen LogP contribution >= 0.6 is 0 Å². The van der Waals surface area contributed by atoms with Crippen molar-refractivity contribution in [2.24, 2.45) is 4.99 Å². The minimum atomic E-state index is -4.77. The van der Waals surface area contributed by atoms with E-state index in [4.69, 9.17) is 4.74 Å². The average molecular weight is 503 g/mol. The van der Waals surface area contributed by atoms with Gasteiger partial charge in [-0.3, -0.25) is 4.90 Å². The fourth-order valence-electron chi connectivity index (χ4n) is 3.54. The molecule has 192 valence electrons. The molecule has 0 aliphatic carbocycles. The molecule has 0 atom stereocenters. The van der Waals surface area contributed by atoms with Crippen LogP contribution in [0, 0.1) is 11.8 Å². The summed E-state index contributed by atoms with van der Waals surface area (Å²) < 4.78 is 44.9. The Morgan fingerprint density at radius 1 is 1.03 bits per heavy atom. The summed E-state index contributed by atoms with van der Waals surface area (Å²) in [6.45, 7) is 8.09. The molecule has 1 fully saturated rings. The molecule has 2 aromatic rings. The highest BCUT2D eigenvalue weighted by Gasteiger charge is 2.29. The van der Waals surface area contributed by atoms with Crippen molar-refractivity contribution in [2.75, 3.05) is 45.9 Å². The quantitative estimate of drug-likeness (QED) is 0.273. The molecule has 1 aliphatic heterocycles. The summed E-state index contributed by atoms with van der Waals surface area (Å²) in [5.41, 5.74) is 3.00. The molecule has 0 radical (unpaired) electrons. The fraction of sp³-hybridized carbons (Fsp3) is 0.385. The molecule has 1 saturated heterocycles. The standard InChI is InChI=1S/C26H29F3N4O3/c1-2-35-25(34)23-16-21(15-22(17-23)18-33-13-11-30-9-10-31-12-14-33)4-3-20-5-7-24(8-6-20)32-19-36-26(27,28)29/h5-8,15-17,19,30-31H,2,9-14,18H2,1H3. The number of benzene rings is 2. The number of carbonyl (C=O) groups is 1. The molecule has 1 heterocycles. The third-order valence-electron chi connectivity index (χ3n) is 5.20. The van der Waals surface area contributed by atoms with Crippen LogP contribution < -0.4 is 10.6 Å². The van der Waals surface area contributed by atoms with Crippen molar-refractivity contribution in [3.05, 3.63) is 64.7 Å². The first-order valence-electron chi connectivity index (χ1n) is 11.7. The maximum atomic E-state index is 12.4. The summed E-state index contributed by atoms with van der Waals surface area (Å²) in [5, 5.41) is 6.79. The summed E-state index contributed by atoms with van der Waals surface area (Å²) in [7, 11) is 0. The molecule has 0 amide bonds. The molecule has 1 aliphatic rings. The van der Waals surface area contributed by atoms with Crippen molar-refractivity contribution < 1.29 is 27.4 Å². The van der Waals surface area contributed by atoms with Crippen molar-refractivity contribution in [1.82, 2.24) is 15.5 Å². The van der Waals surface area contributed by atoms with Crippen LogP contribution in [-0.4, -0.2) is 69.5 Å². The fourth-order valence-corrected chi connectivity index (χ4v) is 3.54. The largest absolute Gasteiger partial charge is 0.573 e. The summed E-state index contributed by atoms with van der Waals surface area (Å²) in [6, 6.07) is 11.9. The first-order chi connectivity index (χ1) is 17.3. The van der Waals surface area contributed by atoms with Gasteiger partial charge in [0.05, 0.1) is 17.9 Å². The lowest BCUT2D eigenvalue weighted by Crippen LogP contribution is -2.33. The lowest BCUT2D eigenvalue weighted by molar-refractivity contribution is -0.280. The number of nitrogens with zero attached hydrogens (tertiary/aromatic N) is 2. The van der Waals surface area contributed by atoms with Gasteiger partial charge < -0.3 is 20.1 Å². The summed E-state index contributed by atoms with van der Waals surface area (Å²) in [6.07, 6.45) is -4.42. The van der Waals surface area contributed by atoms with Crippen molar-refractivity contribution >= 4 is 18.1 Å². The number of esters is 1. The maximum absolute atomic E-state index is 12.4. The van der Waals surface area contributed by atoms with Gasteiger partial charge in [-0.2, -0.15) is 0 Å². The van der Waals surface area contributed by atoms with Crippen molar-refractivity contribution in [3.8, 4) is 11.8 Å². The highest BCUT2D eigenvalue weighted by molar-refractivity contribution is 5.90. The molecule has 3 rings (SSSR count). The van der Waals surface area contributed by atoms with Gasteiger partial charge in [-0.15, -0.1) is 13.2 Å². The number of carbonyl (C=O) groups excluding carboxylic acids is 1. The van der Waals surface area contributed by atoms with Crippen LogP contribution in [-0.2, 0) is 16.0 Å². The van der Waals surface area contributed by atoms with Crippen LogP contribution in [0.4, 0.5) is 18.9 Å². The number of halogens is 3. The van der Waals surface area contributed by atoms with Gasteiger partial charge in [0.25, 0.3) is 0 Å². The Balaban J connectivity index is 1.77. The zero-order valence-corrected chi connectivity index (χ0v) is 20.0. The third kappa shape index (κ3) is 9.70. The molecule has 0 unspecified atom stereocenters. The van der Waals surface area contributed by atoms with Crippen LogP contribution in [0.3, 0.4) is 0 Å². The zero-order valence-electron chi connectivity index (χ0n) is 20.0. The molecule has 36 heavy (non-hydrogen) atoms. The van der Waals surface area contributed by atoms with E-state index in [0.29, 0.717) is 35.3 Å². The molecule has 7 nitrogen and oxygen atoms in total. The molecular weight excluding hydrogens is 473 g/mol. The van der Waals surface area contributed by atoms with Crippen LogP contribution in [0.1, 0.15) is 34.0 Å². The van der Waals surface area contributed by atoms with Gasteiger partial charge in [0.1, 0.15) is 0 Å². The number of hydrogen-bond acceptors (Lipinski definition) is 7. The number of ether oxygens (including phenoxy) is 2. The molecule has 0 spiro atoms. The summed E-state index contributed by atoms with van der Waals surface area (Å²) in [5.74, 6) is 5.70. The van der Waals surface area contributed by atoms with Crippen molar-refractivity contribution in [2.45, 2.75) is 19.8 Å². The Bertz CT molecular complexity index is 1080. The molecule has 2 aromatic carbocycles. The second-order valence-electron chi connectivity index (χ2n) is 8.01. The first kappa shape index (κ1) is 27.2. The van der Waals surface area contributed by atoms with E-state index >= 15 is 0 Å². The zero-order chi connectivity index (χ0) is 25.8. The van der Waals surface area contributed by atoms with E-state index in [9.17, 15) is 18.0 Å². The Hall–Kier alpha value is -3.39. The number of aliphatic imine (C=N–C) groups is 1. The molecule has 0 saturated carbocycles. The topological polar surface area (TPSA) is 75.2 Å². The Morgan fingerprint density at radius 2 is 1.69 bits per heavy atom. The Kier molecular flexibility index (Phi) is 10.3. The molecular formula is C26H29F3N4O3. The third-order valence-corrected chi connectivity index (χ3v) is 5.20. The van der Waals surface area contributed by atoms with Gasteiger partial charge in [-0.1, -0.05) is 11.8 Å². The van der Waals surface area contributed by atoms with Crippen LogP contribution in [0.2, 0.25) is 0 Å². The van der Waals surface area contributed by atoms with Gasteiger partial charge in [0.15, 0.2) is 6.40 Å². The van der Waals surface area contributed by atoms with Crippen LogP contribution in [0.15, 0.2) is 47.5 Å². The minimum Gasteiger partial charge on any atom is -0.462 e. The first-order valence-corrected chi connectivity index (χ1v) is 11.7.